The second-order valence-corrected chi connectivity index (χ2v) is 7.97. The highest BCUT2D eigenvalue weighted by Crippen LogP contribution is 2.19. The van der Waals surface area contributed by atoms with Crippen LogP contribution in [0.3, 0.4) is 0 Å². The van der Waals surface area contributed by atoms with Crippen molar-refractivity contribution in [2.75, 3.05) is 0 Å². The van der Waals surface area contributed by atoms with E-state index in [1.54, 1.807) is 13.0 Å². The van der Waals surface area contributed by atoms with Gasteiger partial charge in [0.05, 0.1) is 4.90 Å². The Morgan fingerprint density at radius 2 is 1.56 bits per heavy atom. The van der Waals surface area contributed by atoms with E-state index in [-0.39, 0.29) is 4.90 Å². The van der Waals surface area contributed by atoms with Crippen LogP contribution in [0.2, 0.25) is 0 Å². The molecule has 2 aromatic rings. The number of benzene rings is 2. The Hall–Kier alpha value is -1.91. The second-order valence-electron chi connectivity index (χ2n) is 6.58. The van der Waals surface area contributed by atoms with Crippen molar-refractivity contribution in [1.29, 1.82) is 0 Å². The molecule has 1 N–H and O–H groups in total. The number of unbranched alkanes of at least 4 members (excludes halogenated alkanes) is 1. The lowest BCUT2D eigenvalue weighted by Crippen LogP contribution is -2.03. The molecular weight excluding hydrogens is 332 g/mol. The van der Waals surface area contributed by atoms with E-state index in [1.807, 2.05) is 12.1 Å². The van der Waals surface area contributed by atoms with Crippen molar-refractivity contribution >= 4 is 10.1 Å². The third-order valence-corrected chi connectivity index (χ3v) is 5.26. The Labute approximate surface area is 151 Å². The predicted octanol–water partition coefficient (Wildman–Crippen LogP) is 4.98. The van der Waals surface area contributed by atoms with Crippen LogP contribution in [0.5, 0.6) is 0 Å². The number of rotatable bonds is 7. The molecule has 0 unspecified atom stereocenters. The lowest BCUT2D eigenvalue weighted by atomic mass is 10.0. The summed E-state index contributed by atoms with van der Waals surface area (Å²) < 4.78 is 32.3. The van der Waals surface area contributed by atoms with Gasteiger partial charge in [-0.05, 0) is 74.8 Å². The zero-order chi connectivity index (χ0) is 18.4. The molecule has 134 valence electrons. The van der Waals surface area contributed by atoms with Gasteiger partial charge in [-0.1, -0.05) is 48.0 Å². The van der Waals surface area contributed by atoms with Crippen LogP contribution in [0, 0.1) is 20.8 Å². The minimum atomic E-state index is -4.18. The molecule has 0 atom stereocenters. The minimum Gasteiger partial charge on any atom is -0.282 e. The Bertz CT molecular complexity index is 865. The molecule has 0 aliphatic rings. The minimum absolute atomic E-state index is 0.00688. The van der Waals surface area contributed by atoms with E-state index in [1.165, 1.54) is 22.8 Å². The number of hydrogen-bond acceptors (Lipinski definition) is 2. The Kier molecular flexibility index (Phi) is 6.57. The van der Waals surface area contributed by atoms with Crippen LogP contribution in [0.15, 0.2) is 53.4 Å². The summed E-state index contributed by atoms with van der Waals surface area (Å²) in [5.41, 5.74) is 5.44. The van der Waals surface area contributed by atoms with Crippen molar-refractivity contribution in [2.24, 2.45) is 0 Å². The highest BCUT2D eigenvalue weighted by Gasteiger charge is 2.14. The first-order chi connectivity index (χ1) is 11.8. The molecule has 0 bridgehead atoms. The van der Waals surface area contributed by atoms with Crippen molar-refractivity contribution in [2.45, 2.75) is 51.3 Å². The molecule has 25 heavy (non-hydrogen) atoms. The Morgan fingerprint density at radius 1 is 0.920 bits per heavy atom. The molecule has 3 nitrogen and oxygen atoms in total. The van der Waals surface area contributed by atoms with E-state index >= 15 is 0 Å². The fourth-order valence-electron chi connectivity index (χ4n) is 2.94. The molecule has 0 aliphatic heterocycles. The first kappa shape index (κ1) is 19.4. The SMILES string of the molecule is Cc1ccc(CCCC=CCc2ccc(C)cc2S(=O)(=O)O)c(C)c1. The third-order valence-electron chi connectivity index (χ3n) is 4.32. The van der Waals surface area contributed by atoms with Crippen molar-refractivity contribution in [3.05, 3.63) is 76.4 Å². The maximum atomic E-state index is 11.5. The third kappa shape index (κ3) is 5.83. The summed E-state index contributed by atoms with van der Waals surface area (Å²) in [5.74, 6) is 0. The molecule has 0 fully saturated rings. The quantitative estimate of drug-likeness (QED) is 0.431. The van der Waals surface area contributed by atoms with Crippen LogP contribution in [-0.2, 0) is 23.0 Å². The molecule has 4 heteroatoms. The highest BCUT2D eigenvalue weighted by atomic mass is 32.2. The summed E-state index contributed by atoms with van der Waals surface area (Å²) in [6, 6.07) is 11.7. The van der Waals surface area contributed by atoms with E-state index in [0.29, 0.717) is 12.0 Å². The van der Waals surface area contributed by atoms with Gasteiger partial charge in [0, 0.05) is 0 Å². The maximum absolute atomic E-state index is 11.5. The van der Waals surface area contributed by atoms with Gasteiger partial charge in [0.15, 0.2) is 0 Å². The average molecular weight is 359 g/mol. The lowest BCUT2D eigenvalue weighted by Gasteiger charge is -2.06. The molecule has 0 aliphatic carbocycles. The van der Waals surface area contributed by atoms with E-state index in [9.17, 15) is 13.0 Å². The molecular formula is C21H26O3S. The average Bonchev–Trinajstić information content (AvgIpc) is 2.52. The van der Waals surface area contributed by atoms with Gasteiger partial charge in [0.2, 0.25) is 0 Å². The smallest absolute Gasteiger partial charge is 0.282 e. The normalized spacial score (nSPS) is 12.0. The van der Waals surface area contributed by atoms with Crippen molar-refractivity contribution in [1.82, 2.24) is 0 Å². The summed E-state index contributed by atoms with van der Waals surface area (Å²) in [4.78, 5) is 0.00688. The van der Waals surface area contributed by atoms with Gasteiger partial charge in [-0.25, -0.2) is 0 Å². The van der Waals surface area contributed by atoms with Gasteiger partial charge in [0.1, 0.15) is 0 Å². The van der Waals surface area contributed by atoms with Crippen molar-refractivity contribution in [3.8, 4) is 0 Å². The van der Waals surface area contributed by atoms with Gasteiger partial charge < -0.3 is 0 Å². The van der Waals surface area contributed by atoms with Crippen LogP contribution in [0.4, 0.5) is 0 Å². The Balaban J connectivity index is 1.90. The fraction of sp³-hybridized carbons (Fsp3) is 0.333. The standard InChI is InChI=1S/C21H26O3S/c1-16-10-12-19(18(3)14-16)8-6-4-5-7-9-20-13-11-17(2)15-21(20)25(22,23)24/h5,7,10-15H,4,6,8-9H2,1-3H3,(H,22,23,24). The van der Waals surface area contributed by atoms with Gasteiger partial charge in [-0.3, -0.25) is 4.55 Å². The van der Waals surface area contributed by atoms with Crippen molar-refractivity contribution in [3.63, 3.8) is 0 Å². The lowest BCUT2D eigenvalue weighted by molar-refractivity contribution is 0.482. The molecule has 0 spiro atoms. The number of hydrogen-bond donors (Lipinski definition) is 1. The summed E-state index contributed by atoms with van der Waals surface area (Å²) in [6.45, 7) is 6.05. The van der Waals surface area contributed by atoms with E-state index in [2.05, 4.69) is 38.1 Å². The molecule has 0 heterocycles. The molecule has 0 saturated carbocycles. The first-order valence-electron chi connectivity index (χ1n) is 8.55. The topological polar surface area (TPSA) is 54.4 Å². The zero-order valence-electron chi connectivity index (χ0n) is 15.1. The summed E-state index contributed by atoms with van der Waals surface area (Å²) >= 11 is 0. The summed E-state index contributed by atoms with van der Waals surface area (Å²) in [5, 5.41) is 0. The van der Waals surface area contributed by atoms with Crippen molar-refractivity contribution < 1.29 is 13.0 Å². The largest absolute Gasteiger partial charge is 0.294 e. The molecule has 2 rings (SSSR count). The van der Waals surface area contributed by atoms with Crippen LogP contribution in [-0.4, -0.2) is 13.0 Å². The molecule has 0 saturated heterocycles. The van der Waals surface area contributed by atoms with Gasteiger partial charge in [-0.2, -0.15) is 8.42 Å². The van der Waals surface area contributed by atoms with Crippen LogP contribution in [0.25, 0.3) is 0 Å². The van der Waals surface area contributed by atoms with E-state index < -0.39 is 10.1 Å². The summed E-state index contributed by atoms with van der Waals surface area (Å²) in [6.07, 6.45) is 7.59. The molecule has 2 aromatic carbocycles. The van der Waals surface area contributed by atoms with Gasteiger partial charge in [-0.15, -0.1) is 0 Å². The van der Waals surface area contributed by atoms with Gasteiger partial charge in [0.25, 0.3) is 10.1 Å². The Morgan fingerprint density at radius 3 is 2.20 bits per heavy atom. The fourth-order valence-corrected chi connectivity index (χ4v) is 3.75. The van der Waals surface area contributed by atoms with Gasteiger partial charge >= 0.3 is 0 Å². The number of aryl methyl sites for hydroxylation is 4. The number of allylic oxidation sites excluding steroid dienone is 2. The molecule has 0 radical (unpaired) electrons. The highest BCUT2D eigenvalue weighted by molar-refractivity contribution is 7.85. The van der Waals surface area contributed by atoms with E-state index in [4.69, 9.17) is 0 Å². The van der Waals surface area contributed by atoms with Crippen LogP contribution < -0.4 is 0 Å². The summed E-state index contributed by atoms with van der Waals surface area (Å²) in [7, 11) is -4.18. The van der Waals surface area contributed by atoms with Crippen LogP contribution in [0.1, 0.15) is 40.7 Å². The predicted molar refractivity (Wildman–Crippen MR) is 103 cm³/mol. The second kappa shape index (κ2) is 8.45. The maximum Gasteiger partial charge on any atom is 0.294 e. The van der Waals surface area contributed by atoms with Crippen LogP contribution >= 0.6 is 0 Å². The zero-order valence-corrected chi connectivity index (χ0v) is 15.9. The molecule has 0 aromatic heterocycles. The van der Waals surface area contributed by atoms with E-state index in [0.717, 1.165) is 24.8 Å². The monoisotopic (exact) mass is 358 g/mol. The molecule has 0 amide bonds. The first-order valence-corrected chi connectivity index (χ1v) is 9.99.